The smallest absolute Gasteiger partial charge is 0.127 e. The molecule has 0 saturated heterocycles. The lowest BCUT2D eigenvalue weighted by atomic mass is 10.1. The largest absolute Gasteiger partial charge is 0.491 e. The lowest BCUT2D eigenvalue weighted by molar-refractivity contribution is 0.147. The van der Waals surface area contributed by atoms with Crippen LogP contribution in [0.4, 0.5) is 0 Å². The summed E-state index contributed by atoms with van der Waals surface area (Å²) in [6.45, 7) is 1.35. The van der Waals surface area contributed by atoms with Gasteiger partial charge in [0.15, 0.2) is 0 Å². The van der Waals surface area contributed by atoms with Crippen molar-refractivity contribution < 1.29 is 19.3 Å². The van der Waals surface area contributed by atoms with E-state index in [4.69, 9.17) is 19.3 Å². The van der Waals surface area contributed by atoms with Crippen LogP contribution in [0.25, 0.3) is 10.8 Å². The first-order valence-corrected chi connectivity index (χ1v) is 6.24. The summed E-state index contributed by atoms with van der Waals surface area (Å²) in [7, 11) is 1.65. The number of aliphatic hydroxyl groups excluding tert-OH is 1. The highest BCUT2D eigenvalue weighted by Crippen LogP contribution is 2.33. The Morgan fingerprint density at radius 3 is 1.95 bits per heavy atom. The molecular formula is C15H18O4. The summed E-state index contributed by atoms with van der Waals surface area (Å²) >= 11 is 0. The molecule has 0 aromatic heterocycles. The minimum Gasteiger partial charge on any atom is -0.491 e. The van der Waals surface area contributed by atoms with Gasteiger partial charge >= 0.3 is 0 Å². The first-order chi connectivity index (χ1) is 9.36. The average molecular weight is 262 g/mol. The van der Waals surface area contributed by atoms with E-state index in [2.05, 4.69) is 0 Å². The van der Waals surface area contributed by atoms with E-state index in [-0.39, 0.29) is 13.2 Å². The number of hydrogen-bond donors (Lipinski definition) is 1. The van der Waals surface area contributed by atoms with Gasteiger partial charge in [-0.25, -0.2) is 0 Å². The number of methoxy groups -OCH3 is 1. The Hall–Kier alpha value is -1.78. The van der Waals surface area contributed by atoms with E-state index in [0.29, 0.717) is 13.2 Å². The molecule has 4 nitrogen and oxygen atoms in total. The topological polar surface area (TPSA) is 47.9 Å². The summed E-state index contributed by atoms with van der Waals surface area (Å²) in [5.41, 5.74) is 0. The molecule has 2 aromatic rings. The summed E-state index contributed by atoms with van der Waals surface area (Å²) in [5, 5.41) is 10.8. The number of hydrogen-bond acceptors (Lipinski definition) is 4. The molecule has 102 valence electrons. The number of fused-ring (bicyclic) bond motifs is 1. The Kier molecular flexibility index (Phi) is 5.01. The molecule has 0 fully saturated rings. The van der Waals surface area contributed by atoms with Crippen LogP contribution in [0.1, 0.15) is 0 Å². The summed E-state index contributed by atoms with van der Waals surface area (Å²) < 4.78 is 16.2. The molecule has 0 aliphatic carbocycles. The maximum Gasteiger partial charge on any atom is 0.127 e. The highest BCUT2D eigenvalue weighted by molar-refractivity contribution is 5.93. The lowest BCUT2D eigenvalue weighted by Crippen LogP contribution is -2.05. The molecule has 0 bridgehead atoms. The highest BCUT2D eigenvalue weighted by Gasteiger charge is 2.07. The van der Waals surface area contributed by atoms with Gasteiger partial charge in [-0.1, -0.05) is 24.3 Å². The van der Waals surface area contributed by atoms with E-state index in [9.17, 15) is 0 Å². The first kappa shape index (κ1) is 13.6. The van der Waals surface area contributed by atoms with Crippen molar-refractivity contribution >= 4 is 10.8 Å². The van der Waals surface area contributed by atoms with Crippen molar-refractivity contribution in [1.82, 2.24) is 0 Å². The van der Waals surface area contributed by atoms with E-state index >= 15 is 0 Å². The van der Waals surface area contributed by atoms with Crippen LogP contribution >= 0.6 is 0 Å². The Bertz CT molecular complexity index is 525. The molecule has 0 saturated carbocycles. The van der Waals surface area contributed by atoms with Crippen molar-refractivity contribution in [1.29, 1.82) is 0 Å². The van der Waals surface area contributed by atoms with Crippen LogP contribution in [0, 0.1) is 0 Å². The zero-order valence-corrected chi connectivity index (χ0v) is 11.0. The van der Waals surface area contributed by atoms with Crippen molar-refractivity contribution in [2.75, 3.05) is 33.5 Å². The van der Waals surface area contributed by atoms with Gasteiger partial charge in [0, 0.05) is 17.9 Å². The Balaban J connectivity index is 2.29. The maximum atomic E-state index is 8.83. The van der Waals surface area contributed by atoms with Gasteiger partial charge in [0.2, 0.25) is 0 Å². The second kappa shape index (κ2) is 6.97. The minimum absolute atomic E-state index is 0.000414. The van der Waals surface area contributed by atoms with Crippen LogP contribution < -0.4 is 9.47 Å². The molecule has 0 aliphatic heterocycles. The predicted octanol–water partition coefficient (Wildman–Crippen LogP) is 2.24. The average Bonchev–Trinajstić information content (AvgIpc) is 2.46. The normalized spacial score (nSPS) is 10.6. The third-order valence-corrected chi connectivity index (χ3v) is 2.74. The second-order valence-electron chi connectivity index (χ2n) is 4.02. The number of rotatable bonds is 7. The molecule has 0 spiro atoms. The minimum atomic E-state index is 0.000414. The van der Waals surface area contributed by atoms with Crippen LogP contribution in [-0.4, -0.2) is 38.6 Å². The van der Waals surface area contributed by atoms with Crippen LogP contribution in [0.15, 0.2) is 36.4 Å². The van der Waals surface area contributed by atoms with Crippen molar-refractivity contribution in [2.45, 2.75) is 0 Å². The standard InChI is InChI=1S/C15H18O4/c1-17-10-11-19-15-7-6-14(18-9-8-16)12-4-2-3-5-13(12)15/h2-7,16H,8-11H2,1H3. The van der Waals surface area contributed by atoms with Crippen molar-refractivity contribution in [3.8, 4) is 11.5 Å². The van der Waals surface area contributed by atoms with Gasteiger partial charge in [0.1, 0.15) is 24.7 Å². The van der Waals surface area contributed by atoms with Gasteiger partial charge < -0.3 is 19.3 Å². The molecule has 0 aliphatic rings. The first-order valence-electron chi connectivity index (χ1n) is 6.24. The van der Waals surface area contributed by atoms with Gasteiger partial charge in [-0.3, -0.25) is 0 Å². The molecule has 2 rings (SSSR count). The van der Waals surface area contributed by atoms with Crippen LogP contribution in [0.3, 0.4) is 0 Å². The second-order valence-corrected chi connectivity index (χ2v) is 4.02. The fourth-order valence-corrected chi connectivity index (χ4v) is 1.89. The quantitative estimate of drug-likeness (QED) is 0.777. The number of aliphatic hydroxyl groups is 1. The van der Waals surface area contributed by atoms with E-state index in [1.165, 1.54) is 0 Å². The third kappa shape index (κ3) is 3.36. The van der Waals surface area contributed by atoms with Gasteiger partial charge in [0.25, 0.3) is 0 Å². The van der Waals surface area contributed by atoms with Crippen LogP contribution in [-0.2, 0) is 4.74 Å². The molecule has 19 heavy (non-hydrogen) atoms. The highest BCUT2D eigenvalue weighted by atomic mass is 16.5. The molecule has 0 heterocycles. The zero-order valence-electron chi connectivity index (χ0n) is 11.0. The Morgan fingerprint density at radius 2 is 1.42 bits per heavy atom. The zero-order chi connectivity index (χ0) is 13.5. The van der Waals surface area contributed by atoms with E-state index < -0.39 is 0 Å². The predicted molar refractivity (Wildman–Crippen MR) is 73.9 cm³/mol. The van der Waals surface area contributed by atoms with Gasteiger partial charge in [0.05, 0.1) is 13.2 Å². The molecule has 0 atom stereocenters. The molecule has 2 aromatic carbocycles. The van der Waals surface area contributed by atoms with Gasteiger partial charge in [-0.2, -0.15) is 0 Å². The number of benzene rings is 2. The van der Waals surface area contributed by atoms with E-state index in [1.807, 2.05) is 36.4 Å². The summed E-state index contributed by atoms with van der Waals surface area (Å²) in [4.78, 5) is 0. The van der Waals surface area contributed by atoms with Crippen molar-refractivity contribution in [3.63, 3.8) is 0 Å². The van der Waals surface area contributed by atoms with Gasteiger partial charge in [-0.05, 0) is 12.1 Å². The Morgan fingerprint density at radius 1 is 0.842 bits per heavy atom. The summed E-state index contributed by atoms with van der Waals surface area (Å²) in [6, 6.07) is 11.6. The van der Waals surface area contributed by atoms with Crippen LogP contribution in [0.5, 0.6) is 11.5 Å². The fourth-order valence-electron chi connectivity index (χ4n) is 1.89. The molecule has 1 N–H and O–H groups in total. The van der Waals surface area contributed by atoms with E-state index in [0.717, 1.165) is 22.3 Å². The Labute approximate surface area is 112 Å². The maximum absolute atomic E-state index is 8.83. The molecule has 0 unspecified atom stereocenters. The van der Waals surface area contributed by atoms with Gasteiger partial charge in [-0.15, -0.1) is 0 Å². The molecule has 0 radical (unpaired) electrons. The molecule has 4 heteroatoms. The SMILES string of the molecule is COCCOc1ccc(OCCO)c2ccccc12. The number of ether oxygens (including phenoxy) is 3. The lowest BCUT2D eigenvalue weighted by Gasteiger charge is -2.12. The van der Waals surface area contributed by atoms with Crippen molar-refractivity contribution in [3.05, 3.63) is 36.4 Å². The summed E-state index contributed by atoms with van der Waals surface area (Å²) in [5.74, 6) is 1.56. The summed E-state index contributed by atoms with van der Waals surface area (Å²) in [6.07, 6.45) is 0. The third-order valence-electron chi connectivity index (χ3n) is 2.74. The monoisotopic (exact) mass is 262 g/mol. The molecule has 0 amide bonds. The van der Waals surface area contributed by atoms with Crippen molar-refractivity contribution in [2.24, 2.45) is 0 Å². The van der Waals surface area contributed by atoms with E-state index in [1.54, 1.807) is 7.11 Å². The molecular weight excluding hydrogens is 244 g/mol. The van der Waals surface area contributed by atoms with Crippen LogP contribution in [0.2, 0.25) is 0 Å². The fraction of sp³-hybridized carbons (Fsp3) is 0.333.